The third-order valence-corrected chi connectivity index (χ3v) is 2.67. The monoisotopic (exact) mass is 223 g/mol. The Hall–Kier alpha value is -1.56. The Bertz CT molecular complexity index is 373. The summed E-state index contributed by atoms with van der Waals surface area (Å²) in [7, 11) is 0. The van der Waals surface area contributed by atoms with E-state index in [-0.39, 0.29) is 11.5 Å². The molecule has 1 aromatic heterocycles. The molecule has 4 N–H and O–H groups in total. The fourth-order valence-electron chi connectivity index (χ4n) is 1.89. The largest absolute Gasteiger partial charge is 0.383 e. The molecule has 2 rings (SSSR count). The molecule has 1 aliphatic heterocycles. The Morgan fingerprint density at radius 1 is 1.38 bits per heavy atom. The normalized spacial score (nSPS) is 19.8. The Morgan fingerprint density at radius 3 is 2.75 bits per heavy atom. The topological polar surface area (TPSA) is 90.3 Å². The minimum absolute atomic E-state index is 0.106. The van der Waals surface area contributed by atoms with Crippen LogP contribution in [0.2, 0.25) is 0 Å². The van der Waals surface area contributed by atoms with E-state index in [2.05, 4.69) is 28.7 Å². The summed E-state index contributed by atoms with van der Waals surface area (Å²) in [5.41, 5.74) is 11.2. The van der Waals surface area contributed by atoms with Gasteiger partial charge in [-0.25, -0.2) is 0 Å². The van der Waals surface area contributed by atoms with E-state index < -0.39 is 0 Å². The van der Waals surface area contributed by atoms with Gasteiger partial charge in [0.2, 0.25) is 5.95 Å². The number of rotatable bonds is 1. The molecule has 1 aromatic rings. The van der Waals surface area contributed by atoms with Gasteiger partial charge in [0.05, 0.1) is 18.8 Å². The van der Waals surface area contributed by atoms with Gasteiger partial charge >= 0.3 is 0 Å². The van der Waals surface area contributed by atoms with Crippen LogP contribution in [0.4, 0.5) is 17.6 Å². The van der Waals surface area contributed by atoms with Crippen LogP contribution in [0, 0.1) is 0 Å². The first-order chi connectivity index (χ1) is 7.49. The standard InChI is InChI=1S/C10H17N5O/c1-10(2)6-16-4-3-15(10)8-5-7(11)13-9(12)14-8/h5H,3-4,6H2,1-2H3,(H4,11,12,13,14). The molecule has 0 amide bonds. The van der Waals surface area contributed by atoms with E-state index >= 15 is 0 Å². The molecule has 0 unspecified atom stereocenters. The van der Waals surface area contributed by atoms with E-state index in [1.165, 1.54) is 0 Å². The summed E-state index contributed by atoms with van der Waals surface area (Å²) in [6.07, 6.45) is 0. The van der Waals surface area contributed by atoms with Crippen molar-refractivity contribution in [1.29, 1.82) is 0 Å². The SMILES string of the molecule is CC1(C)COCCN1c1cc(N)nc(N)n1. The molecule has 0 atom stereocenters. The van der Waals surface area contributed by atoms with Crippen LogP contribution in [0.1, 0.15) is 13.8 Å². The lowest BCUT2D eigenvalue weighted by atomic mass is 10.0. The number of hydrogen-bond donors (Lipinski definition) is 2. The van der Waals surface area contributed by atoms with Crippen molar-refractivity contribution in [2.75, 3.05) is 36.1 Å². The van der Waals surface area contributed by atoms with Crippen LogP contribution in [0.3, 0.4) is 0 Å². The smallest absolute Gasteiger partial charge is 0.223 e. The summed E-state index contributed by atoms with van der Waals surface area (Å²) >= 11 is 0. The highest BCUT2D eigenvalue weighted by Gasteiger charge is 2.31. The Labute approximate surface area is 94.6 Å². The number of nitrogens with two attached hydrogens (primary N) is 2. The van der Waals surface area contributed by atoms with Gasteiger partial charge in [-0.2, -0.15) is 9.97 Å². The van der Waals surface area contributed by atoms with Gasteiger partial charge in [-0.15, -0.1) is 0 Å². The Morgan fingerprint density at radius 2 is 2.12 bits per heavy atom. The highest BCUT2D eigenvalue weighted by Crippen LogP contribution is 2.26. The maximum atomic E-state index is 5.67. The highest BCUT2D eigenvalue weighted by atomic mass is 16.5. The van der Waals surface area contributed by atoms with Crippen LogP contribution in [0.15, 0.2) is 6.07 Å². The quantitative estimate of drug-likeness (QED) is 0.709. The molecule has 16 heavy (non-hydrogen) atoms. The number of nitrogens with zero attached hydrogens (tertiary/aromatic N) is 3. The van der Waals surface area contributed by atoms with Crippen LogP contribution in [0.25, 0.3) is 0 Å². The molecule has 0 saturated carbocycles. The van der Waals surface area contributed by atoms with Gasteiger partial charge in [0.25, 0.3) is 0 Å². The average molecular weight is 223 g/mol. The number of ether oxygens (including phenoxy) is 1. The van der Waals surface area contributed by atoms with Crippen molar-refractivity contribution < 1.29 is 4.74 Å². The van der Waals surface area contributed by atoms with E-state index in [0.29, 0.717) is 19.0 Å². The first-order valence-electron chi connectivity index (χ1n) is 5.24. The minimum atomic E-state index is -0.106. The number of anilines is 3. The predicted molar refractivity (Wildman–Crippen MR) is 63.1 cm³/mol. The molecule has 0 radical (unpaired) electrons. The summed E-state index contributed by atoms with van der Waals surface area (Å²) in [6, 6.07) is 1.74. The van der Waals surface area contributed by atoms with Crippen molar-refractivity contribution in [3.05, 3.63) is 6.07 Å². The lowest BCUT2D eigenvalue weighted by Gasteiger charge is -2.42. The van der Waals surface area contributed by atoms with Gasteiger partial charge in [0.15, 0.2) is 0 Å². The predicted octanol–water partition coefficient (Wildman–Crippen LogP) is 0.256. The van der Waals surface area contributed by atoms with E-state index in [4.69, 9.17) is 16.2 Å². The fraction of sp³-hybridized carbons (Fsp3) is 0.600. The molecule has 6 heteroatoms. The van der Waals surface area contributed by atoms with E-state index in [1.54, 1.807) is 6.07 Å². The molecule has 1 aliphatic rings. The zero-order valence-corrected chi connectivity index (χ0v) is 9.60. The van der Waals surface area contributed by atoms with Crippen molar-refractivity contribution in [2.45, 2.75) is 19.4 Å². The van der Waals surface area contributed by atoms with Crippen molar-refractivity contribution in [2.24, 2.45) is 0 Å². The number of nitrogen functional groups attached to an aromatic ring is 2. The molecule has 0 aromatic carbocycles. The second-order valence-corrected chi connectivity index (χ2v) is 4.53. The molecular formula is C10H17N5O. The zero-order valence-electron chi connectivity index (χ0n) is 9.60. The number of hydrogen-bond acceptors (Lipinski definition) is 6. The van der Waals surface area contributed by atoms with Crippen LogP contribution < -0.4 is 16.4 Å². The molecule has 1 saturated heterocycles. The van der Waals surface area contributed by atoms with Gasteiger partial charge in [-0.3, -0.25) is 0 Å². The molecule has 2 heterocycles. The van der Waals surface area contributed by atoms with Crippen LogP contribution in [-0.2, 0) is 4.74 Å². The summed E-state index contributed by atoms with van der Waals surface area (Å²) in [6.45, 7) is 6.33. The Kier molecular flexibility index (Phi) is 2.59. The molecule has 6 nitrogen and oxygen atoms in total. The minimum Gasteiger partial charge on any atom is -0.383 e. The average Bonchev–Trinajstić information content (AvgIpc) is 2.15. The second-order valence-electron chi connectivity index (χ2n) is 4.53. The summed E-state index contributed by atoms with van der Waals surface area (Å²) < 4.78 is 5.45. The molecule has 0 spiro atoms. The Balaban J connectivity index is 2.34. The van der Waals surface area contributed by atoms with Crippen molar-refractivity contribution in [1.82, 2.24) is 9.97 Å². The summed E-state index contributed by atoms with van der Waals surface area (Å²) in [5.74, 6) is 1.36. The maximum Gasteiger partial charge on any atom is 0.223 e. The first-order valence-corrected chi connectivity index (χ1v) is 5.24. The maximum absolute atomic E-state index is 5.67. The van der Waals surface area contributed by atoms with Gasteiger partial charge in [-0.05, 0) is 13.8 Å². The molecule has 0 bridgehead atoms. The lowest BCUT2D eigenvalue weighted by Crippen LogP contribution is -2.53. The summed E-state index contributed by atoms with van der Waals surface area (Å²) in [4.78, 5) is 10.2. The summed E-state index contributed by atoms with van der Waals surface area (Å²) in [5, 5.41) is 0. The molecule has 1 fully saturated rings. The van der Waals surface area contributed by atoms with Gasteiger partial charge in [-0.1, -0.05) is 0 Å². The third-order valence-electron chi connectivity index (χ3n) is 2.67. The lowest BCUT2D eigenvalue weighted by molar-refractivity contribution is 0.0639. The van der Waals surface area contributed by atoms with Gasteiger partial charge < -0.3 is 21.1 Å². The van der Waals surface area contributed by atoms with Gasteiger partial charge in [0.1, 0.15) is 11.6 Å². The first kappa shape index (κ1) is 10.9. The van der Waals surface area contributed by atoms with Crippen molar-refractivity contribution >= 4 is 17.6 Å². The zero-order chi connectivity index (χ0) is 11.8. The van der Waals surface area contributed by atoms with E-state index in [9.17, 15) is 0 Å². The fourth-order valence-corrected chi connectivity index (χ4v) is 1.89. The van der Waals surface area contributed by atoms with Crippen LogP contribution in [0.5, 0.6) is 0 Å². The van der Waals surface area contributed by atoms with Crippen molar-refractivity contribution in [3.8, 4) is 0 Å². The van der Waals surface area contributed by atoms with Crippen molar-refractivity contribution in [3.63, 3.8) is 0 Å². The second kappa shape index (κ2) is 3.79. The van der Waals surface area contributed by atoms with Gasteiger partial charge in [0, 0.05) is 12.6 Å². The van der Waals surface area contributed by atoms with Crippen LogP contribution in [-0.4, -0.2) is 35.3 Å². The van der Waals surface area contributed by atoms with Crippen LogP contribution >= 0.6 is 0 Å². The third kappa shape index (κ3) is 2.01. The number of morpholine rings is 1. The number of aromatic nitrogens is 2. The van der Waals surface area contributed by atoms with E-state index in [0.717, 1.165) is 12.4 Å². The molecule has 88 valence electrons. The molecular weight excluding hydrogens is 206 g/mol. The molecule has 0 aliphatic carbocycles. The van der Waals surface area contributed by atoms with E-state index in [1.807, 2.05) is 0 Å². The highest BCUT2D eigenvalue weighted by molar-refractivity contribution is 5.52.